The van der Waals surface area contributed by atoms with E-state index in [1.807, 2.05) is 0 Å². The number of hydrogen-bond acceptors (Lipinski definition) is 2. The van der Waals surface area contributed by atoms with E-state index in [4.69, 9.17) is 33.7 Å². The molecular formula is C13H9BrCl2FNO. The van der Waals surface area contributed by atoms with Crippen molar-refractivity contribution in [2.45, 2.75) is 6.61 Å². The van der Waals surface area contributed by atoms with Gasteiger partial charge in [0, 0.05) is 16.1 Å². The Balaban J connectivity index is 2.19. The molecule has 2 N–H and O–H groups in total. The maximum absolute atomic E-state index is 13.7. The molecule has 2 rings (SSSR count). The van der Waals surface area contributed by atoms with E-state index in [0.29, 0.717) is 25.8 Å². The zero-order valence-corrected chi connectivity index (χ0v) is 12.7. The van der Waals surface area contributed by atoms with Crippen molar-refractivity contribution in [2.24, 2.45) is 0 Å². The smallest absolute Gasteiger partial charge is 0.152 e. The van der Waals surface area contributed by atoms with Gasteiger partial charge in [-0.1, -0.05) is 35.3 Å². The molecule has 0 aromatic heterocycles. The summed E-state index contributed by atoms with van der Waals surface area (Å²) >= 11 is 15.2. The van der Waals surface area contributed by atoms with Gasteiger partial charge in [0.1, 0.15) is 12.4 Å². The van der Waals surface area contributed by atoms with Gasteiger partial charge < -0.3 is 10.5 Å². The number of hydrogen-bond donors (Lipinski definition) is 1. The Labute approximate surface area is 128 Å². The normalized spacial score (nSPS) is 10.5. The molecule has 0 atom stereocenters. The monoisotopic (exact) mass is 363 g/mol. The van der Waals surface area contributed by atoms with E-state index < -0.39 is 5.82 Å². The first kappa shape index (κ1) is 14.4. The first-order valence-corrected chi connectivity index (χ1v) is 6.84. The minimum atomic E-state index is -0.484. The lowest BCUT2D eigenvalue weighted by Gasteiger charge is -2.10. The van der Waals surface area contributed by atoms with Crippen molar-refractivity contribution >= 4 is 44.8 Å². The predicted molar refractivity (Wildman–Crippen MR) is 79.3 cm³/mol. The van der Waals surface area contributed by atoms with E-state index in [0.717, 1.165) is 0 Å². The fourth-order valence-corrected chi connectivity index (χ4v) is 2.33. The van der Waals surface area contributed by atoms with Crippen molar-refractivity contribution in [3.8, 4) is 5.75 Å². The Kier molecular flexibility index (Phi) is 4.55. The van der Waals surface area contributed by atoms with Crippen LogP contribution in [0.15, 0.2) is 34.8 Å². The van der Waals surface area contributed by atoms with Crippen LogP contribution in [0.4, 0.5) is 10.1 Å². The van der Waals surface area contributed by atoms with Crippen molar-refractivity contribution in [3.63, 3.8) is 0 Å². The number of rotatable bonds is 3. The third-order valence-corrected chi connectivity index (χ3v) is 3.96. The second-order valence-electron chi connectivity index (χ2n) is 3.81. The van der Waals surface area contributed by atoms with Crippen LogP contribution in [0.1, 0.15) is 5.56 Å². The van der Waals surface area contributed by atoms with Crippen LogP contribution >= 0.6 is 39.1 Å². The maximum Gasteiger partial charge on any atom is 0.152 e. The molecule has 0 bridgehead atoms. The summed E-state index contributed by atoms with van der Waals surface area (Å²) in [4.78, 5) is 0. The van der Waals surface area contributed by atoms with Crippen molar-refractivity contribution in [1.29, 1.82) is 0 Å². The fourth-order valence-electron chi connectivity index (χ4n) is 1.48. The Bertz CT molecular complexity index is 622. The van der Waals surface area contributed by atoms with Crippen LogP contribution in [0.2, 0.25) is 10.0 Å². The lowest BCUT2D eigenvalue weighted by molar-refractivity contribution is 0.300. The highest BCUT2D eigenvalue weighted by atomic mass is 79.9. The van der Waals surface area contributed by atoms with E-state index in [1.165, 1.54) is 6.07 Å². The Morgan fingerprint density at radius 1 is 1.21 bits per heavy atom. The van der Waals surface area contributed by atoms with E-state index >= 15 is 0 Å². The van der Waals surface area contributed by atoms with E-state index in [-0.39, 0.29) is 12.3 Å². The maximum atomic E-state index is 13.7. The molecule has 0 aliphatic rings. The Morgan fingerprint density at radius 2 is 1.95 bits per heavy atom. The summed E-state index contributed by atoms with van der Waals surface area (Å²) < 4.78 is 19.8. The van der Waals surface area contributed by atoms with Gasteiger partial charge in [-0.3, -0.25) is 0 Å². The molecule has 0 fully saturated rings. The zero-order chi connectivity index (χ0) is 14.0. The molecular weight excluding hydrogens is 356 g/mol. The first-order valence-electron chi connectivity index (χ1n) is 5.29. The van der Waals surface area contributed by atoms with Gasteiger partial charge in [0.2, 0.25) is 0 Å². The lowest BCUT2D eigenvalue weighted by Crippen LogP contribution is -2.01. The zero-order valence-electron chi connectivity index (χ0n) is 9.59. The molecule has 2 aromatic carbocycles. The number of halogens is 4. The van der Waals surface area contributed by atoms with Crippen molar-refractivity contribution in [1.82, 2.24) is 0 Å². The molecule has 0 radical (unpaired) electrons. The minimum Gasteiger partial charge on any atom is -0.487 e. The molecule has 0 aliphatic carbocycles. The first-order chi connectivity index (χ1) is 8.99. The van der Waals surface area contributed by atoms with Crippen LogP contribution in [-0.2, 0) is 6.61 Å². The van der Waals surface area contributed by atoms with Gasteiger partial charge in [-0.05, 0) is 28.1 Å². The molecule has 2 aromatic rings. The van der Waals surface area contributed by atoms with Crippen molar-refractivity contribution in [2.75, 3.05) is 5.73 Å². The molecule has 6 heteroatoms. The average Bonchev–Trinajstić information content (AvgIpc) is 2.37. The third-order valence-electron chi connectivity index (χ3n) is 2.47. The van der Waals surface area contributed by atoms with Gasteiger partial charge in [-0.2, -0.15) is 0 Å². The largest absolute Gasteiger partial charge is 0.487 e. The second-order valence-corrected chi connectivity index (χ2v) is 5.47. The lowest BCUT2D eigenvalue weighted by atomic mass is 10.2. The van der Waals surface area contributed by atoms with Crippen molar-refractivity contribution in [3.05, 3.63) is 56.2 Å². The van der Waals surface area contributed by atoms with Gasteiger partial charge in [0.25, 0.3) is 0 Å². The van der Waals surface area contributed by atoms with Gasteiger partial charge in [-0.25, -0.2) is 4.39 Å². The molecule has 0 aliphatic heterocycles. The summed E-state index contributed by atoms with van der Waals surface area (Å²) in [6, 6.07) is 7.93. The highest BCUT2D eigenvalue weighted by Gasteiger charge is 2.10. The molecule has 0 heterocycles. The average molecular weight is 365 g/mol. The number of anilines is 1. The number of nitrogen functional groups attached to an aromatic ring is 1. The van der Waals surface area contributed by atoms with Crippen LogP contribution < -0.4 is 10.5 Å². The molecule has 0 unspecified atom stereocenters. The highest BCUT2D eigenvalue weighted by Crippen LogP contribution is 2.34. The molecule has 100 valence electrons. The Morgan fingerprint density at radius 3 is 2.68 bits per heavy atom. The summed E-state index contributed by atoms with van der Waals surface area (Å²) in [7, 11) is 0. The summed E-state index contributed by atoms with van der Waals surface area (Å²) in [5.41, 5.74) is 5.92. The van der Waals surface area contributed by atoms with Crippen LogP contribution in [0.25, 0.3) is 0 Å². The number of nitrogens with two attached hydrogens (primary N) is 1. The molecule has 2 nitrogen and oxygen atoms in total. The molecule has 19 heavy (non-hydrogen) atoms. The summed E-state index contributed by atoms with van der Waals surface area (Å²) in [6.45, 7) is 0.0224. The third kappa shape index (κ3) is 3.32. The van der Waals surface area contributed by atoms with Gasteiger partial charge in [-0.15, -0.1) is 0 Å². The predicted octanol–water partition coefficient (Wildman–Crippen LogP) is 5.06. The number of benzene rings is 2. The van der Waals surface area contributed by atoms with Crippen molar-refractivity contribution < 1.29 is 9.13 Å². The molecule has 0 saturated heterocycles. The minimum absolute atomic E-state index is 0.0224. The summed E-state index contributed by atoms with van der Waals surface area (Å²) in [6.07, 6.45) is 0. The highest BCUT2D eigenvalue weighted by molar-refractivity contribution is 9.10. The molecule has 0 spiro atoms. The topological polar surface area (TPSA) is 35.2 Å². The van der Waals surface area contributed by atoms with Gasteiger partial charge >= 0.3 is 0 Å². The van der Waals surface area contributed by atoms with Gasteiger partial charge in [0.15, 0.2) is 5.82 Å². The van der Waals surface area contributed by atoms with E-state index in [2.05, 4.69) is 15.9 Å². The SMILES string of the molecule is Nc1cccc(COc2cc(Cl)c(Br)cc2Cl)c1F. The quantitative estimate of drug-likeness (QED) is 0.610. The molecule has 0 amide bonds. The summed E-state index contributed by atoms with van der Waals surface area (Å²) in [5, 5.41) is 0.855. The van der Waals surface area contributed by atoms with Crippen LogP contribution in [-0.4, -0.2) is 0 Å². The Hall–Kier alpha value is -0.970. The molecule has 0 saturated carbocycles. The number of ether oxygens (including phenoxy) is 1. The van der Waals surface area contributed by atoms with E-state index in [9.17, 15) is 4.39 Å². The standard InChI is InChI=1S/C13H9BrCl2FNO/c14-8-4-10(16)12(5-9(8)15)19-6-7-2-1-3-11(18)13(7)17/h1-5H,6,18H2. The van der Waals surface area contributed by atoms with Crippen LogP contribution in [0, 0.1) is 5.82 Å². The van der Waals surface area contributed by atoms with Crippen LogP contribution in [0.3, 0.4) is 0 Å². The fraction of sp³-hybridized carbons (Fsp3) is 0.0769. The van der Waals surface area contributed by atoms with E-state index in [1.54, 1.807) is 24.3 Å². The summed E-state index contributed by atoms with van der Waals surface area (Å²) in [5.74, 6) is -0.0986. The van der Waals surface area contributed by atoms with Gasteiger partial charge in [0.05, 0.1) is 15.7 Å². The second kappa shape index (κ2) is 5.99. The van der Waals surface area contributed by atoms with Crippen LogP contribution in [0.5, 0.6) is 5.75 Å².